The fourth-order valence-electron chi connectivity index (χ4n) is 5.72. The van der Waals surface area contributed by atoms with Gasteiger partial charge in [0.15, 0.2) is 6.10 Å². The third-order valence-electron chi connectivity index (χ3n) is 8.62. The molecule has 0 N–H and O–H groups in total. The van der Waals surface area contributed by atoms with Gasteiger partial charge in [0.05, 0.1) is 14.4 Å². The largest absolute Gasteiger partial charge is 0.790 e. The second-order valence-corrected chi connectivity index (χ2v) is 14.4. The van der Waals surface area contributed by atoms with Crippen LogP contribution < -0.4 is 9.79 Å². The Balaban J connectivity index is 3.90. The van der Waals surface area contributed by atoms with Crippen molar-refractivity contribution < 1.29 is 37.9 Å². The summed E-state index contributed by atoms with van der Waals surface area (Å²) in [5.41, 5.74) is 0. The lowest BCUT2D eigenvalue weighted by Crippen LogP contribution is -2.31. The van der Waals surface area contributed by atoms with Gasteiger partial charge < -0.3 is 28.3 Å². The quantitative estimate of drug-likeness (QED) is 0.0365. The molecule has 0 aromatic carbocycles. The summed E-state index contributed by atoms with van der Waals surface area (Å²) in [5, 5.41) is 0. The molecule has 0 amide bonds. The summed E-state index contributed by atoms with van der Waals surface area (Å²) >= 11 is 0. The summed E-state index contributed by atoms with van der Waals surface area (Å²) in [7, 11) is -5.24. The fourth-order valence-corrected chi connectivity index (χ4v) is 6.07. The van der Waals surface area contributed by atoms with Crippen LogP contribution in [0.3, 0.4) is 0 Å². The number of rotatable bonds is 36. The van der Waals surface area contributed by atoms with Gasteiger partial charge in [0.1, 0.15) is 6.61 Å². The van der Waals surface area contributed by atoms with Gasteiger partial charge in [-0.15, -0.1) is 0 Å². The highest BCUT2D eigenvalue weighted by Gasteiger charge is 2.18. The van der Waals surface area contributed by atoms with E-state index in [0.29, 0.717) is 12.8 Å². The van der Waals surface area contributed by atoms with Crippen LogP contribution in [0.1, 0.15) is 206 Å². The maximum absolute atomic E-state index is 12.3. The summed E-state index contributed by atoms with van der Waals surface area (Å²) in [6.45, 7) is 3.51. The van der Waals surface area contributed by atoms with Gasteiger partial charge in [-0.3, -0.25) is 9.59 Å². The highest BCUT2D eigenvalue weighted by Crippen LogP contribution is 2.25. The van der Waals surface area contributed by atoms with Crippen LogP contribution in [0.4, 0.5) is 0 Å². The fraction of sp³-hybridized carbons (Fsp3) is 0.946. The van der Waals surface area contributed by atoms with E-state index in [1.165, 1.54) is 135 Å². The van der Waals surface area contributed by atoms with Gasteiger partial charge in [0, 0.05) is 12.8 Å². The topological polar surface area (TPSA) is 125 Å². The second kappa shape index (κ2) is 33.9. The molecular formula is C37H71O8P-2. The number of carbonyl (C=O) groups excluding carboxylic acids is 2. The minimum absolute atomic E-state index is 0.188. The van der Waals surface area contributed by atoms with E-state index in [1.54, 1.807) is 0 Å². The lowest BCUT2D eigenvalue weighted by Gasteiger charge is -2.30. The number of phosphoric ester groups is 1. The number of carbonyl (C=O) groups is 2. The summed E-state index contributed by atoms with van der Waals surface area (Å²) < 4.78 is 25.8. The Morgan fingerprint density at radius 1 is 0.478 bits per heavy atom. The first-order chi connectivity index (χ1) is 22.3. The van der Waals surface area contributed by atoms with Crippen LogP contribution in [0.2, 0.25) is 0 Å². The Hall–Kier alpha value is -0.950. The molecule has 46 heavy (non-hydrogen) atoms. The first-order valence-electron chi connectivity index (χ1n) is 19.3. The number of hydrogen-bond acceptors (Lipinski definition) is 8. The number of phosphoric acid groups is 1. The molecule has 1 atom stereocenters. The van der Waals surface area contributed by atoms with E-state index in [1.807, 2.05) is 0 Å². The van der Waals surface area contributed by atoms with Crippen molar-refractivity contribution in [2.24, 2.45) is 0 Å². The zero-order valence-corrected chi connectivity index (χ0v) is 30.8. The summed E-state index contributed by atoms with van der Waals surface area (Å²) in [6, 6.07) is 0. The lowest BCUT2D eigenvalue weighted by atomic mass is 10.0. The summed E-state index contributed by atoms with van der Waals surface area (Å²) in [6.07, 6.45) is 33.5. The molecule has 0 aromatic heterocycles. The molecule has 8 nitrogen and oxygen atoms in total. The van der Waals surface area contributed by atoms with Gasteiger partial charge in [-0.1, -0.05) is 181 Å². The van der Waals surface area contributed by atoms with E-state index in [2.05, 4.69) is 18.4 Å². The van der Waals surface area contributed by atoms with Gasteiger partial charge in [0.2, 0.25) is 0 Å². The van der Waals surface area contributed by atoms with Crippen molar-refractivity contribution in [1.29, 1.82) is 0 Å². The molecular weight excluding hydrogens is 603 g/mol. The predicted octanol–water partition coefficient (Wildman–Crippen LogP) is 10.0. The molecule has 0 radical (unpaired) electrons. The second-order valence-electron chi connectivity index (χ2n) is 13.2. The summed E-state index contributed by atoms with van der Waals surface area (Å²) in [4.78, 5) is 46.4. The van der Waals surface area contributed by atoms with Crippen molar-refractivity contribution in [3.05, 3.63) is 0 Å². The van der Waals surface area contributed by atoms with Gasteiger partial charge in [-0.2, -0.15) is 0 Å². The van der Waals surface area contributed by atoms with E-state index in [4.69, 9.17) is 9.47 Å². The third-order valence-corrected chi connectivity index (χ3v) is 9.08. The monoisotopic (exact) mass is 674 g/mol. The standard InChI is InChI=1S/C37H73O8P/c1-3-5-7-9-11-13-15-17-18-20-21-23-25-27-29-31-36(38)43-33-35(34-44-46(40,41)42)45-37(39)32-30-28-26-24-22-19-16-14-12-10-8-6-4-2/h35H,3-34H2,1-2H3,(H2,40,41,42)/p-2/t35-/m1/s1. The van der Waals surface area contributed by atoms with Crippen LogP contribution in [-0.2, 0) is 28.2 Å². The number of hydrogen-bond donors (Lipinski definition) is 0. The van der Waals surface area contributed by atoms with Crippen molar-refractivity contribution in [3.8, 4) is 0 Å². The van der Waals surface area contributed by atoms with Crippen LogP contribution in [0, 0.1) is 0 Å². The van der Waals surface area contributed by atoms with Gasteiger partial charge in [-0.05, 0) is 12.8 Å². The van der Waals surface area contributed by atoms with Gasteiger partial charge in [0.25, 0.3) is 0 Å². The van der Waals surface area contributed by atoms with Crippen LogP contribution in [0.5, 0.6) is 0 Å². The SMILES string of the molecule is CCCCCCCCCCCCCCCCCC(=O)OC[C@H](COP(=O)([O-])[O-])OC(=O)CCCCCCCCCCCCCCC. The molecule has 0 aromatic rings. The zero-order chi connectivity index (χ0) is 34.0. The third kappa shape index (κ3) is 35.9. The molecule has 0 aliphatic carbocycles. The molecule has 0 rings (SSSR count). The van der Waals surface area contributed by atoms with Crippen molar-refractivity contribution in [1.82, 2.24) is 0 Å². The number of unbranched alkanes of at least 4 members (excludes halogenated alkanes) is 26. The average Bonchev–Trinajstić information content (AvgIpc) is 3.02. The van der Waals surface area contributed by atoms with Crippen molar-refractivity contribution >= 4 is 19.8 Å². The first-order valence-corrected chi connectivity index (χ1v) is 20.8. The molecule has 0 aliphatic heterocycles. The molecule has 0 aliphatic rings. The van der Waals surface area contributed by atoms with Crippen molar-refractivity contribution in [2.75, 3.05) is 13.2 Å². The Labute approximate surface area is 283 Å². The van der Waals surface area contributed by atoms with Crippen molar-refractivity contribution in [3.63, 3.8) is 0 Å². The molecule has 274 valence electrons. The number of esters is 2. The Morgan fingerprint density at radius 2 is 0.783 bits per heavy atom. The Morgan fingerprint density at radius 3 is 1.11 bits per heavy atom. The molecule has 0 saturated heterocycles. The molecule has 9 heteroatoms. The minimum Gasteiger partial charge on any atom is -0.790 e. The van der Waals surface area contributed by atoms with Gasteiger partial charge in [-0.25, -0.2) is 0 Å². The maximum atomic E-state index is 12.3. The molecule has 0 unspecified atom stereocenters. The van der Waals surface area contributed by atoms with Crippen LogP contribution in [0.15, 0.2) is 0 Å². The molecule has 0 bridgehead atoms. The van der Waals surface area contributed by atoms with Gasteiger partial charge >= 0.3 is 11.9 Å². The highest BCUT2D eigenvalue weighted by molar-refractivity contribution is 7.43. The predicted molar refractivity (Wildman–Crippen MR) is 184 cm³/mol. The minimum atomic E-state index is -5.24. The van der Waals surface area contributed by atoms with Crippen LogP contribution >= 0.6 is 7.82 Å². The maximum Gasteiger partial charge on any atom is 0.306 e. The van der Waals surface area contributed by atoms with E-state index in [0.717, 1.165) is 32.1 Å². The smallest absolute Gasteiger partial charge is 0.306 e. The van der Waals surface area contributed by atoms with E-state index < -0.39 is 32.5 Å². The summed E-state index contributed by atoms with van der Waals surface area (Å²) in [5.74, 6) is -0.943. The number of ether oxygens (including phenoxy) is 2. The van der Waals surface area contributed by atoms with Crippen LogP contribution in [0.25, 0.3) is 0 Å². The van der Waals surface area contributed by atoms with Crippen LogP contribution in [-0.4, -0.2) is 31.3 Å². The highest BCUT2D eigenvalue weighted by atomic mass is 31.2. The average molecular weight is 675 g/mol. The first kappa shape index (κ1) is 45.0. The normalized spacial score (nSPS) is 12.3. The Bertz CT molecular complexity index is 726. The zero-order valence-electron chi connectivity index (χ0n) is 29.9. The van der Waals surface area contributed by atoms with E-state index >= 15 is 0 Å². The molecule has 0 spiro atoms. The molecule has 0 fully saturated rings. The van der Waals surface area contributed by atoms with E-state index in [-0.39, 0.29) is 19.4 Å². The van der Waals surface area contributed by atoms with Crippen molar-refractivity contribution in [2.45, 2.75) is 213 Å². The molecule has 0 saturated carbocycles. The lowest BCUT2D eigenvalue weighted by molar-refractivity contribution is -0.343. The molecule has 0 heterocycles. The Kier molecular flexibility index (Phi) is 33.2. The van der Waals surface area contributed by atoms with E-state index in [9.17, 15) is 23.9 Å².